The second-order valence-corrected chi connectivity index (χ2v) is 5.14. The lowest BCUT2D eigenvalue weighted by atomic mass is 10.1. The molecule has 0 N–H and O–H groups in total. The van der Waals surface area contributed by atoms with Crippen molar-refractivity contribution in [3.8, 4) is 6.07 Å². The van der Waals surface area contributed by atoms with Gasteiger partial charge in [-0.05, 0) is 29.6 Å². The van der Waals surface area contributed by atoms with Gasteiger partial charge in [-0.25, -0.2) is 4.39 Å². The Morgan fingerprint density at radius 1 is 1.33 bits per heavy atom. The maximum Gasteiger partial charge on any atom is 0.124 e. The number of nitriles is 1. The first-order chi connectivity index (χ1) is 8.63. The third-order valence-corrected chi connectivity index (χ3v) is 3.86. The van der Waals surface area contributed by atoms with E-state index in [1.165, 1.54) is 29.5 Å². The fourth-order valence-corrected chi connectivity index (χ4v) is 2.84. The highest BCUT2D eigenvalue weighted by molar-refractivity contribution is 7.11. The van der Waals surface area contributed by atoms with Crippen LogP contribution in [0.5, 0.6) is 0 Å². The summed E-state index contributed by atoms with van der Waals surface area (Å²) in [6, 6.07) is 9.56. The van der Waals surface area contributed by atoms with Crippen LogP contribution in [0.4, 0.5) is 4.39 Å². The number of allylic oxidation sites excluding steroid dienone is 1. The van der Waals surface area contributed by atoms with Crippen molar-refractivity contribution in [3.63, 3.8) is 0 Å². The predicted octanol–water partition coefficient (Wildman–Crippen LogP) is 5.17. The van der Waals surface area contributed by atoms with E-state index in [-0.39, 0.29) is 10.1 Å². The van der Waals surface area contributed by atoms with Crippen molar-refractivity contribution < 1.29 is 4.39 Å². The van der Waals surface area contributed by atoms with E-state index in [4.69, 9.17) is 23.2 Å². The van der Waals surface area contributed by atoms with Gasteiger partial charge in [-0.3, -0.25) is 0 Å². The summed E-state index contributed by atoms with van der Waals surface area (Å²) in [4.78, 5) is 0.753. The molecule has 5 heteroatoms. The van der Waals surface area contributed by atoms with Crippen LogP contribution in [-0.2, 0) is 0 Å². The van der Waals surface area contributed by atoms with Gasteiger partial charge in [-0.2, -0.15) is 5.26 Å². The molecule has 0 spiro atoms. The topological polar surface area (TPSA) is 23.8 Å². The Balaban J connectivity index is 2.58. The summed E-state index contributed by atoms with van der Waals surface area (Å²) in [5, 5.41) is 11.4. The zero-order valence-corrected chi connectivity index (χ0v) is 11.3. The van der Waals surface area contributed by atoms with Crippen molar-refractivity contribution in [2.24, 2.45) is 0 Å². The van der Waals surface area contributed by atoms with Gasteiger partial charge in [0.05, 0.1) is 15.6 Å². The third-order valence-electron chi connectivity index (χ3n) is 2.27. The first-order valence-electron chi connectivity index (χ1n) is 4.92. The molecular weight excluding hydrogens is 292 g/mol. The Hall–Kier alpha value is -1.34. The van der Waals surface area contributed by atoms with E-state index >= 15 is 0 Å². The van der Waals surface area contributed by atoms with Gasteiger partial charge in [0.15, 0.2) is 0 Å². The molecule has 1 aromatic carbocycles. The van der Waals surface area contributed by atoms with Crippen LogP contribution in [0, 0.1) is 17.1 Å². The average Bonchev–Trinajstić information content (AvgIpc) is 2.83. The lowest BCUT2D eigenvalue weighted by Gasteiger charge is -2.05. The van der Waals surface area contributed by atoms with Crippen LogP contribution >= 0.6 is 34.5 Å². The fraction of sp³-hybridized carbons (Fsp3) is 0. The molecule has 18 heavy (non-hydrogen) atoms. The summed E-state index contributed by atoms with van der Waals surface area (Å²) >= 11 is 13.5. The highest BCUT2D eigenvalue weighted by Gasteiger charge is 2.13. The molecule has 0 aliphatic rings. The summed E-state index contributed by atoms with van der Waals surface area (Å²) in [5.74, 6) is -0.442. The SMILES string of the molecule is N#CC(=C(Cl)c1ccc(F)cc1Cl)c1cccs1. The zero-order chi connectivity index (χ0) is 13.1. The van der Waals surface area contributed by atoms with E-state index in [9.17, 15) is 9.65 Å². The van der Waals surface area contributed by atoms with Gasteiger partial charge in [0, 0.05) is 10.4 Å². The van der Waals surface area contributed by atoms with Crippen LogP contribution in [0.25, 0.3) is 10.6 Å². The quantitative estimate of drug-likeness (QED) is 0.701. The first-order valence-corrected chi connectivity index (χ1v) is 6.56. The van der Waals surface area contributed by atoms with Gasteiger partial charge >= 0.3 is 0 Å². The van der Waals surface area contributed by atoms with Crippen LogP contribution in [0.3, 0.4) is 0 Å². The van der Waals surface area contributed by atoms with Gasteiger partial charge in [0.25, 0.3) is 0 Å². The molecule has 0 aliphatic heterocycles. The van der Waals surface area contributed by atoms with Crippen LogP contribution < -0.4 is 0 Å². The minimum Gasteiger partial charge on any atom is -0.207 e. The van der Waals surface area contributed by atoms with Gasteiger partial charge < -0.3 is 0 Å². The molecule has 1 nitrogen and oxygen atoms in total. The van der Waals surface area contributed by atoms with E-state index in [0.29, 0.717) is 11.1 Å². The Morgan fingerprint density at radius 3 is 2.67 bits per heavy atom. The molecule has 2 aromatic rings. The highest BCUT2D eigenvalue weighted by Crippen LogP contribution is 2.35. The molecule has 0 saturated carbocycles. The maximum atomic E-state index is 13.0. The minimum absolute atomic E-state index is 0.185. The van der Waals surface area contributed by atoms with E-state index < -0.39 is 5.82 Å². The number of hydrogen-bond donors (Lipinski definition) is 0. The van der Waals surface area contributed by atoms with Gasteiger partial charge in [0.1, 0.15) is 11.9 Å². The number of benzene rings is 1. The van der Waals surface area contributed by atoms with E-state index in [1.54, 1.807) is 6.07 Å². The van der Waals surface area contributed by atoms with Gasteiger partial charge in [0.2, 0.25) is 0 Å². The Bertz CT molecular complexity index is 642. The number of nitrogens with zero attached hydrogens (tertiary/aromatic N) is 1. The van der Waals surface area contributed by atoms with Crippen molar-refractivity contribution in [1.82, 2.24) is 0 Å². The molecule has 0 bridgehead atoms. The third kappa shape index (κ3) is 2.56. The molecule has 90 valence electrons. The van der Waals surface area contributed by atoms with Gasteiger partial charge in [-0.1, -0.05) is 29.3 Å². The van der Waals surface area contributed by atoms with Crippen molar-refractivity contribution in [2.75, 3.05) is 0 Å². The van der Waals surface area contributed by atoms with Crippen LogP contribution in [-0.4, -0.2) is 0 Å². The van der Waals surface area contributed by atoms with Crippen molar-refractivity contribution >= 4 is 45.1 Å². The number of halogens is 3. The molecule has 0 amide bonds. The Labute approximate surface area is 118 Å². The first kappa shape index (κ1) is 13.1. The summed E-state index contributed by atoms with van der Waals surface area (Å²) in [5.41, 5.74) is 0.782. The lowest BCUT2D eigenvalue weighted by molar-refractivity contribution is 0.628. The standard InChI is InChI=1S/C13H6Cl2FNS/c14-11-6-8(16)3-4-9(11)13(15)10(7-17)12-2-1-5-18-12/h1-6H. The molecule has 1 aromatic heterocycles. The van der Waals surface area contributed by atoms with Crippen molar-refractivity contribution in [1.29, 1.82) is 5.26 Å². The smallest absolute Gasteiger partial charge is 0.124 e. The summed E-state index contributed by atoms with van der Waals surface area (Å²) < 4.78 is 13.0. The molecule has 2 rings (SSSR count). The van der Waals surface area contributed by atoms with Gasteiger partial charge in [-0.15, -0.1) is 11.3 Å². The maximum absolute atomic E-state index is 13.0. The Kier molecular flexibility index (Phi) is 4.03. The molecule has 0 fully saturated rings. The van der Waals surface area contributed by atoms with E-state index in [1.807, 2.05) is 11.4 Å². The predicted molar refractivity (Wildman–Crippen MR) is 74.0 cm³/mol. The monoisotopic (exact) mass is 297 g/mol. The second-order valence-electron chi connectivity index (χ2n) is 3.40. The normalized spacial score (nSPS) is 11.9. The number of hydrogen-bond acceptors (Lipinski definition) is 2. The molecule has 1 heterocycles. The molecule has 0 atom stereocenters. The molecule has 0 aliphatic carbocycles. The average molecular weight is 298 g/mol. The second kappa shape index (κ2) is 5.53. The van der Waals surface area contributed by atoms with Crippen molar-refractivity contribution in [2.45, 2.75) is 0 Å². The summed E-state index contributed by atoms with van der Waals surface area (Å²) in [6.45, 7) is 0. The summed E-state index contributed by atoms with van der Waals surface area (Å²) in [7, 11) is 0. The zero-order valence-electron chi connectivity index (χ0n) is 8.95. The minimum atomic E-state index is -0.442. The highest BCUT2D eigenvalue weighted by atomic mass is 35.5. The van der Waals surface area contributed by atoms with Crippen LogP contribution in [0.15, 0.2) is 35.7 Å². The van der Waals surface area contributed by atoms with E-state index in [2.05, 4.69) is 6.07 Å². The largest absolute Gasteiger partial charge is 0.207 e. The molecule has 0 radical (unpaired) electrons. The molecule has 0 unspecified atom stereocenters. The number of thiophene rings is 1. The van der Waals surface area contributed by atoms with Crippen LogP contribution in [0.2, 0.25) is 5.02 Å². The number of rotatable bonds is 2. The van der Waals surface area contributed by atoms with Crippen molar-refractivity contribution in [3.05, 3.63) is 57.0 Å². The lowest BCUT2D eigenvalue weighted by Crippen LogP contribution is -1.86. The molecule has 0 saturated heterocycles. The fourth-order valence-electron chi connectivity index (χ4n) is 1.44. The Morgan fingerprint density at radius 2 is 2.11 bits per heavy atom. The van der Waals surface area contributed by atoms with E-state index in [0.717, 1.165) is 4.88 Å². The summed E-state index contributed by atoms with van der Waals surface area (Å²) in [6.07, 6.45) is 0. The molecular formula is C13H6Cl2FNS. The van der Waals surface area contributed by atoms with Crippen LogP contribution in [0.1, 0.15) is 10.4 Å².